The number of benzene rings is 1. The summed E-state index contributed by atoms with van der Waals surface area (Å²) in [6.07, 6.45) is 3.85. The van der Waals surface area contributed by atoms with Crippen molar-refractivity contribution in [3.05, 3.63) is 59.1 Å². The zero-order chi connectivity index (χ0) is 26.5. The van der Waals surface area contributed by atoms with Gasteiger partial charge in [-0.3, -0.25) is 9.59 Å². The number of aliphatic hydroxyl groups is 1. The first-order valence-corrected chi connectivity index (χ1v) is 12.2. The van der Waals surface area contributed by atoms with E-state index in [0.717, 1.165) is 5.56 Å². The summed E-state index contributed by atoms with van der Waals surface area (Å²) in [7, 11) is 5.40. The van der Waals surface area contributed by atoms with Crippen LogP contribution in [0.1, 0.15) is 38.5 Å². The molecule has 2 N–H and O–H groups in total. The number of β-amino-alcohol motifs (C(OH)–C–C–N with tert-alkyl or cyclic N) is 1. The molecule has 1 saturated heterocycles. The van der Waals surface area contributed by atoms with E-state index in [4.69, 9.17) is 9.15 Å². The number of rotatable bonds is 6. The molecule has 1 aliphatic heterocycles. The van der Waals surface area contributed by atoms with E-state index in [0.29, 0.717) is 64.4 Å². The highest BCUT2D eigenvalue weighted by molar-refractivity contribution is 6.07. The molecule has 4 aromatic rings. The summed E-state index contributed by atoms with van der Waals surface area (Å²) in [6.45, 7) is 4.89. The van der Waals surface area contributed by atoms with Crippen LogP contribution in [0.4, 0.5) is 0 Å². The number of carbonyl (C=O) groups excluding carboxylic acids is 2. The molecule has 1 aliphatic rings. The van der Waals surface area contributed by atoms with Gasteiger partial charge in [0.05, 0.1) is 29.5 Å². The van der Waals surface area contributed by atoms with E-state index in [1.165, 1.54) is 0 Å². The average molecular weight is 506 g/mol. The van der Waals surface area contributed by atoms with Gasteiger partial charge in [-0.1, -0.05) is 0 Å². The number of carbonyl (C=O) groups is 2. The van der Waals surface area contributed by atoms with Gasteiger partial charge in [0, 0.05) is 43.9 Å². The first kappa shape index (κ1) is 24.8. The zero-order valence-electron chi connectivity index (χ0n) is 21.7. The predicted octanol–water partition coefficient (Wildman–Crippen LogP) is 2.99. The summed E-state index contributed by atoms with van der Waals surface area (Å²) in [5, 5.41) is 18.6. The van der Waals surface area contributed by atoms with Crippen molar-refractivity contribution in [1.29, 1.82) is 0 Å². The van der Waals surface area contributed by atoms with Crippen LogP contribution >= 0.6 is 0 Å². The molecule has 37 heavy (non-hydrogen) atoms. The summed E-state index contributed by atoms with van der Waals surface area (Å²) < 4.78 is 13.7. The molecule has 4 heterocycles. The van der Waals surface area contributed by atoms with Gasteiger partial charge >= 0.3 is 0 Å². The maximum absolute atomic E-state index is 13.4. The van der Waals surface area contributed by atoms with Gasteiger partial charge in [-0.25, -0.2) is 4.52 Å². The third-order valence-corrected chi connectivity index (χ3v) is 6.87. The second-order valence-corrected chi connectivity index (χ2v) is 9.97. The number of furan rings is 1. The van der Waals surface area contributed by atoms with Crippen LogP contribution in [0.2, 0.25) is 0 Å². The van der Waals surface area contributed by atoms with E-state index < -0.39 is 5.60 Å². The summed E-state index contributed by atoms with van der Waals surface area (Å²) in [5.41, 5.74) is 2.06. The number of aryl methyl sites for hydroxylation is 2. The summed E-state index contributed by atoms with van der Waals surface area (Å²) >= 11 is 0. The van der Waals surface area contributed by atoms with Crippen LogP contribution in [0.15, 0.2) is 41.1 Å². The number of ether oxygens (including phenoxy) is 1. The SMILES string of the molecule is CNC(=O)c1c(C)oc2cc(Oc3ccnn4cc(C(=O)N5CC[C@@](O)(CN(C)C)C5)c(C)c34)ccc12. The lowest BCUT2D eigenvalue weighted by atomic mass is 10.0. The van der Waals surface area contributed by atoms with Crippen molar-refractivity contribution in [1.82, 2.24) is 24.7 Å². The fourth-order valence-corrected chi connectivity index (χ4v) is 5.24. The van der Waals surface area contributed by atoms with Crippen LogP contribution in [-0.2, 0) is 0 Å². The minimum atomic E-state index is -0.917. The number of likely N-dealkylation sites (N-methyl/N-ethyl adjacent to an activating group) is 1. The molecule has 10 heteroatoms. The number of likely N-dealkylation sites (tertiary alicyclic amines) is 1. The standard InChI is InChI=1S/C27H31N5O5/c1-16-20(26(34)31-11-9-27(35,15-31)14-30(4)5)13-32-24(16)21(8-10-29-32)37-18-6-7-19-22(12-18)36-17(2)23(19)25(33)28-3/h6-8,10,12-13,35H,9,11,14-15H2,1-5H3,(H,28,33)/t27-/m1/s1. The smallest absolute Gasteiger partial charge is 0.255 e. The number of hydrogen-bond acceptors (Lipinski definition) is 7. The van der Waals surface area contributed by atoms with E-state index in [9.17, 15) is 14.7 Å². The van der Waals surface area contributed by atoms with Gasteiger partial charge in [0.15, 0.2) is 5.75 Å². The van der Waals surface area contributed by atoms with Crippen LogP contribution in [0.5, 0.6) is 11.5 Å². The minimum absolute atomic E-state index is 0.141. The summed E-state index contributed by atoms with van der Waals surface area (Å²) in [6, 6.07) is 7.06. The molecule has 0 aliphatic carbocycles. The quantitative estimate of drug-likeness (QED) is 0.414. The normalized spacial score (nSPS) is 17.8. The van der Waals surface area contributed by atoms with Crippen molar-refractivity contribution in [2.75, 3.05) is 40.8 Å². The van der Waals surface area contributed by atoms with Gasteiger partial charge < -0.3 is 29.4 Å². The highest BCUT2D eigenvalue weighted by Gasteiger charge is 2.39. The molecule has 1 fully saturated rings. The molecule has 3 aromatic heterocycles. The Morgan fingerprint density at radius 3 is 2.78 bits per heavy atom. The Kier molecular flexibility index (Phi) is 6.17. The first-order chi connectivity index (χ1) is 17.6. The number of nitrogens with zero attached hydrogens (tertiary/aromatic N) is 4. The number of hydrogen-bond donors (Lipinski definition) is 2. The molecule has 0 unspecified atom stereocenters. The maximum atomic E-state index is 13.4. The van der Waals surface area contributed by atoms with E-state index in [1.54, 1.807) is 60.0 Å². The van der Waals surface area contributed by atoms with Gasteiger partial charge in [-0.15, -0.1) is 0 Å². The van der Waals surface area contributed by atoms with Gasteiger partial charge in [-0.2, -0.15) is 5.10 Å². The second-order valence-electron chi connectivity index (χ2n) is 9.97. The lowest BCUT2D eigenvalue weighted by Crippen LogP contribution is -2.43. The summed E-state index contributed by atoms with van der Waals surface area (Å²) in [4.78, 5) is 29.3. The molecular weight excluding hydrogens is 474 g/mol. The molecular formula is C27H31N5O5. The molecule has 194 valence electrons. The van der Waals surface area contributed by atoms with Crippen LogP contribution in [0.25, 0.3) is 16.5 Å². The Morgan fingerprint density at radius 1 is 1.27 bits per heavy atom. The molecule has 0 saturated carbocycles. The van der Waals surface area contributed by atoms with Crippen molar-refractivity contribution in [2.45, 2.75) is 25.9 Å². The highest BCUT2D eigenvalue weighted by atomic mass is 16.5. The van der Waals surface area contributed by atoms with E-state index in [1.807, 2.05) is 25.9 Å². The van der Waals surface area contributed by atoms with Crippen molar-refractivity contribution in [3.8, 4) is 11.5 Å². The van der Waals surface area contributed by atoms with Crippen LogP contribution in [0, 0.1) is 13.8 Å². The Hall–Kier alpha value is -3.89. The van der Waals surface area contributed by atoms with E-state index in [-0.39, 0.29) is 18.4 Å². The van der Waals surface area contributed by atoms with Crippen molar-refractivity contribution in [2.24, 2.45) is 0 Å². The molecule has 5 rings (SSSR count). The summed E-state index contributed by atoms with van der Waals surface area (Å²) in [5.74, 6) is 1.24. The second kappa shape index (κ2) is 9.20. The van der Waals surface area contributed by atoms with Gasteiger partial charge in [0.2, 0.25) is 0 Å². The molecule has 1 atom stereocenters. The van der Waals surface area contributed by atoms with E-state index >= 15 is 0 Å². The zero-order valence-corrected chi connectivity index (χ0v) is 21.7. The topological polar surface area (TPSA) is 113 Å². The number of fused-ring (bicyclic) bond motifs is 2. The van der Waals surface area contributed by atoms with Gasteiger partial charge in [0.25, 0.3) is 11.8 Å². The molecule has 1 aromatic carbocycles. The largest absolute Gasteiger partial charge is 0.460 e. The molecule has 0 radical (unpaired) electrons. The third kappa shape index (κ3) is 4.42. The van der Waals surface area contributed by atoms with Crippen LogP contribution in [0.3, 0.4) is 0 Å². The fraction of sp³-hybridized carbons (Fsp3) is 0.370. The van der Waals surface area contributed by atoms with Crippen LogP contribution in [-0.4, -0.2) is 82.7 Å². The Balaban J connectivity index is 1.44. The predicted molar refractivity (Wildman–Crippen MR) is 138 cm³/mol. The first-order valence-electron chi connectivity index (χ1n) is 12.2. The number of amides is 2. The molecule has 0 bridgehead atoms. The average Bonchev–Trinajstić information content (AvgIpc) is 3.50. The van der Waals surface area contributed by atoms with E-state index in [2.05, 4.69) is 10.4 Å². The molecule has 10 nitrogen and oxygen atoms in total. The third-order valence-electron chi connectivity index (χ3n) is 6.87. The molecule has 2 amide bonds. The Labute approximate surface area is 214 Å². The monoisotopic (exact) mass is 505 g/mol. The maximum Gasteiger partial charge on any atom is 0.255 e. The Bertz CT molecular complexity index is 1520. The minimum Gasteiger partial charge on any atom is -0.460 e. The number of nitrogens with one attached hydrogen (secondary N) is 1. The van der Waals surface area contributed by atoms with Crippen LogP contribution < -0.4 is 10.1 Å². The van der Waals surface area contributed by atoms with Gasteiger partial charge in [-0.05, 0) is 52.1 Å². The number of aromatic nitrogens is 2. The van der Waals surface area contributed by atoms with Gasteiger partial charge in [0.1, 0.15) is 22.6 Å². The lowest BCUT2D eigenvalue weighted by molar-refractivity contribution is 0.0236. The van der Waals surface area contributed by atoms with Crippen molar-refractivity contribution in [3.63, 3.8) is 0 Å². The Morgan fingerprint density at radius 2 is 2.05 bits per heavy atom. The highest BCUT2D eigenvalue weighted by Crippen LogP contribution is 2.34. The molecule has 0 spiro atoms. The lowest BCUT2D eigenvalue weighted by Gasteiger charge is -2.26. The van der Waals surface area contributed by atoms with Crippen molar-refractivity contribution >= 4 is 28.3 Å². The fourth-order valence-electron chi connectivity index (χ4n) is 5.24. The van der Waals surface area contributed by atoms with Crippen molar-refractivity contribution < 1.29 is 23.8 Å².